The molecule has 0 aromatic heterocycles. The molecule has 4 fully saturated rings. The van der Waals surface area contributed by atoms with Gasteiger partial charge < -0.3 is 9.80 Å². The van der Waals surface area contributed by atoms with Gasteiger partial charge in [-0.1, -0.05) is 6.07 Å². The highest BCUT2D eigenvalue weighted by molar-refractivity contribution is 7.80. The summed E-state index contributed by atoms with van der Waals surface area (Å²) in [7, 11) is 0. The number of benzene rings is 2. The number of amides is 3. The first kappa shape index (κ1) is 43.3. The summed E-state index contributed by atoms with van der Waals surface area (Å²) in [6.07, 6.45) is 1.94. The van der Waals surface area contributed by atoms with Crippen molar-refractivity contribution in [2.45, 2.75) is 122 Å². The topological polar surface area (TPSA) is 117 Å². The molecule has 1 aliphatic carbocycles. The van der Waals surface area contributed by atoms with Crippen LogP contribution < -0.4 is 10.2 Å². The zero-order valence-electron chi connectivity index (χ0n) is 33.5. The Morgan fingerprint density at radius 3 is 2.29 bits per heavy atom. The summed E-state index contributed by atoms with van der Waals surface area (Å²) in [5, 5.41) is 11.8. The van der Waals surface area contributed by atoms with Crippen LogP contribution in [0.1, 0.15) is 101 Å². The lowest BCUT2D eigenvalue weighted by atomic mass is 9.82. The third-order valence-electron chi connectivity index (χ3n) is 12.5. The van der Waals surface area contributed by atoms with Crippen LogP contribution in [0, 0.1) is 29.0 Å². The Kier molecular flexibility index (Phi) is 13.1. The van der Waals surface area contributed by atoms with E-state index >= 15 is 0 Å². The Labute approximate surface area is 342 Å². The van der Waals surface area contributed by atoms with Gasteiger partial charge in [0.25, 0.3) is 5.91 Å². The van der Waals surface area contributed by atoms with E-state index in [2.05, 4.69) is 29.0 Å². The molecular weight excluding hydrogens is 773 g/mol. The maximum Gasteiger partial charge on any atom is 0.417 e. The molecule has 3 atom stereocenters. The van der Waals surface area contributed by atoms with Gasteiger partial charge in [0.2, 0.25) is 11.8 Å². The van der Waals surface area contributed by atoms with Crippen molar-refractivity contribution in [2.24, 2.45) is 11.8 Å². The van der Waals surface area contributed by atoms with Gasteiger partial charge in [0.1, 0.15) is 11.4 Å². The number of piperidine rings is 1. The maximum absolute atomic E-state index is 14.6. The molecule has 3 amide bonds. The lowest BCUT2D eigenvalue weighted by Gasteiger charge is -2.44. The lowest BCUT2D eigenvalue weighted by Crippen LogP contribution is -2.58. The van der Waals surface area contributed by atoms with Crippen molar-refractivity contribution in [1.29, 1.82) is 5.26 Å². The zero-order chi connectivity index (χ0) is 42.1. The number of imide groups is 1. The second kappa shape index (κ2) is 17.5. The Balaban J connectivity index is 0.951. The largest absolute Gasteiger partial charge is 0.417 e. The Hall–Kier alpha value is -4.26. The van der Waals surface area contributed by atoms with E-state index in [1.807, 2.05) is 4.90 Å². The average Bonchev–Trinajstić information content (AvgIpc) is 3.32. The predicted molar refractivity (Wildman–Crippen MR) is 214 cm³/mol. The summed E-state index contributed by atoms with van der Waals surface area (Å²) in [6, 6.07) is 9.67. The fourth-order valence-corrected chi connectivity index (χ4v) is 10.1. The van der Waals surface area contributed by atoms with Gasteiger partial charge >= 0.3 is 6.18 Å². The first-order valence-corrected chi connectivity index (χ1v) is 20.7. The van der Waals surface area contributed by atoms with E-state index < -0.39 is 40.5 Å². The molecule has 1 N–H and O–H groups in total. The van der Waals surface area contributed by atoms with Crippen molar-refractivity contribution >= 4 is 46.5 Å². The second-order valence-electron chi connectivity index (χ2n) is 17.2. The summed E-state index contributed by atoms with van der Waals surface area (Å²) in [5.41, 5.74) is -1.43. The highest BCUT2D eigenvalue weighted by atomic mass is 32.1. The standard InChI is InChI=1S/C43H52F4N6O4S/c1-26-23-50(24-27(2)51(26)25-36(54)20-30-16-29(18-33(44)19-30)17-31-10-14-38(55)49-39(31)56)15-5-6-28-7-11-34(12-8-28)53-41(58)52(40(57)42(53,3)4)35-13-9-32(22-48)37(21-35)43(45,46)47/h9,13,16,18-19,21,26-28,31,34H,5-8,10-12,14-15,17,20,23-25H2,1-4H3,(H,49,55,56)/t26-,27+,28?,31?,34?. The summed E-state index contributed by atoms with van der Waals surface area (Å²) in [5.74, 6) is -1.38. The van der Waals surface area contributed by atoms with Crippen molar-refractivity contribution in [3.05, 3.63) is 64.5 Å². The predicted octanol–water partition coefficient (Wildman–Crippen LogP) is 6.57. The van der Waals surface area contributed by atoms with Crippen molar-refractivity contribution in [3.8, 4) is 6.07 Å². The lowest BCUT2D eigenvalue weighted by molar-refractivity contribution is -0.138. The number of piperazine rings is 1. The first-order valence-electron chi connectivity index (χ1n) is 20.3. The van der Waals surface area contributed by atoms with Crippen LogP contribution in [0.3, 0.4) is 0 Å². The molecule has 3 heterocycles. The van der Waals surface area contributed by atoms with Gasteiger partial charge in [-0.15, -0.1) is 0 Å². The minimum Gasteiger partial charge on any atom is -0.331 e. The number of rotatable bonds is 12. The second-order valence-corrected chi connectivity index (χ2v) is 17.5. The van der Waals surface area contributed by atoms with E-state index in [4.69, 9.17) is 12.2 Å². The fourth-order valence-electron chi connectivity index (χ4n) is 9.55. The fraction of sp³-hybridized carbons (Fsp3) is 0.581. The van der Waals surface area contributed by atoms with Gasteiger partial charge in [-0.05, 0) is 145 Å². The monoisotopic (exact) mass is 824 g/mol. The molecule has 4 aliphatic rings. The smallest absolute Gasteiger partial charge is 0.331 e. The van der Waals surface area contributed by atoms with Crippen molar-refractivity contribution in [2.75, 3.05) is 31.1 Å². The average molecular weight is 825 g/mol. The van der Waals surface area contributed by atoms with Crippen LogP contribution in [0.2, 0.25) is 0 Å². The number of alkyl halides is 3. The van der Waals surface area contributed by atoms with Crippen LogP contribution in [0.25, 0.3) is 0 Å². The number of carbonyl (C=O) groups excluding carboxylic acids is 4. The molecule has 15 heteroatoms. The van der Waals surface area contributed by atoms with Gasteiger partial charge in [-0.3, -0.25) is 34.3 Å². The molecule has 58 heavy (non-hydrogen) atoms. The number of carbonyl (C=O) groups is 4. The molecule has 0 radical (unpaired) electrons. The third kappa shape index (κ3) is 9.61. The molecule has 0 bridgehead atoms. The molecule has 2 aromatic carbocycles. The van der Waals surface area contributed by atoms with Crippen LogP contribution in [0.5, 0.6) is 0 Å². The number of nitriles is 1. The molecule has 10 nitrogen and oxygen atoms in total. The molecule has 312 valence electrons. The van der Waals surface area contributed by atoms with E-state index in [0.29, 0.717) is 29.9 Å². The van der Waals surface area contributed by atoms with Crippen LogP contribution in [-0.4, -0.2) is 93.2 Å². The quantitative estimate of drug-likeness (QED) is 0.144. The molecular formula is C43H52F4N6O4S. The summed E-state index contributed by atoms with van der Waals surface area (Å²) >= 11 is 5.76. The molecule has 1 saturated carbocycles. The highest BCUT2D eigenvalue weighted by Gasteiger charge is 2.52. The summed E-state index contributed by atoms with van der Waals surface area (Å²) in [6.45, 7) is 10.6. The van der Waals surface area contributed by atoms with E-state index in [-0.39, 0.29) is 65.9 Å². The zero-order valence-corrected chi connectivity index (χ0v) is 34.4. The van der Waals surface area contributed by atoms with Crippen LogP contribution in [0.4, 0.5) is 23.2 Å². The number of nitrogens with one attached hydrogen (secondary N) is 1. The molecule has 3 aliphatic heterocycles. The maximum atomic E-state index is 14.6. The number of halogens is 4. The first-order chi connectivity index (χ1) is 27.3. The van der Waals surface area contributed by atoms with E-state index in [1.165, 1.54) is 23.1 Å². The van der Waals surface area contributed by atoms with Gasteiger partial charge in [0, 0.05) is 50.0 Å². The number of anilines is 1. The number of hydrogen-bond acceptors (Lipinski definition) is 8. The number of Topliss-reactive ketones (excluding diaryl/α,β-unsaturated/α-hetero) is 1. The van der Waals surface area contributed by atoms with Crippen LogP contribution >= 0.6 is 12.2 Å². The summed E-state index contributed by atoms with van der Waals surface area (Å²) in [4.78, 5) is 58.4. The normalized spacial score (nSPS) is 25.9. The SMILES string of the molecule is C[C@@H]1CN(CCCC2CCC(N3C(=S)N(c4ccc(C#N)c(C(F)(F)F)c4)C(=O)C3(C)C)CC2)C[C@H](C)N1CC(=O)Cc1cc(F)cc(CC2CCC(=O)NC2=O)c1. The van der Waals surface area contributed by atoms with Gasteiger partial charge in [-0.2, -0.15) is 18.4 Å². The van der Waals surface area contributed by atoms with Crippen LogP contribution in [0.15, 0.2) is 36.4 Å². The number of hydrogen-bond donors (Lipinski definition) is 1. The Bertz CT molecular complexity index is 1960. The van der Waals surface area contributed by atoms with E-state index in [1.54, 1.807) is 26.0 Å². The Morgan fingerprint density at radius 1 is 0.983 bits per heavy atom. The minimum absolute atomic E-state index is 0.000288. The molecule has 1 unspecified atom stereocenters. The van der Waals surface area contributed by atoms with Gasteiger partial charge in [0.15, 0.2) is 10.9 Å². The minimum atomic E-state index is -4.76. The van der Waals surface area contributed by atoms with Crippen molar-refractivity contribution in [1.82, 2.24) is 20.0 Å². The number of ketones is 1. The van der Waals surface area contributed by atoms with Gasteiger partial charge in [-0.25, -0.2) is 4.39 Å². The third-order valence-corrected chi connectivity index (χ3v) is 12.9. The molecule has 3 saturated heterocycles. The van der Waals surface area contributed by atoms with Crippen molar-refractivity contribution in [3.63, 3.8) is 0 Å². The van der Waals surface area contributed by atoms with Gasteiger partial charge in [0.05, 0.1) is 29.4 Å². The molecule has 6 rings (SSSR count). The number of nitrogens with zero attached hydrogens (tertiary/aromatic N) is 5. The van der Waals surface area contributed by atoms with E-state index in [0.717, 1.165) is 70.3 Å². The highest BCUT2D eigenvalue weighted by Crippen LogP contribution is 2.41. The summed E-state index contributed by atoms with van der Waals surface area (Å²) < 4.78 is 55.8. The van der Waals surface area contributed by atoms with Crippen molar-refractivity contribution < 1.29 is 36.7 Å². The molecule has 2 aromatic rings. The molecule has 0 spiro atoms. The number of thiocarbonyl (C=S) groups is 1. The Morgan fingerprint density at radius 2 is 1.66 bits per heavy atom. The van der Waals surface area contributed by atoms with Crippen LogP contribution in [-0.2, 0) is 38.2 Å². The van der Waals surface area contributed by atoms with E-state index in [9.17, 15) is 42.0 Å².